The van der Waals surface area contributed by atoms with Crippen LogP contribution < -0.4 is 5.32 Å². The fourth-order valence-corrected chi connectivity index (χ4v) is 1.54. The van der Waals surface area contributed by atoms with E-state index in [2.05, 4.69) is 5.32 Å². The third-order valence-corrected chi connectivity index (χ3v) is 2.53. The zero-order valence-electron chi connectivity index (χ0n) is 11.0. The Balaban J connectivity index is 2.73. The van der Waals surface area contributed by atoms with Crippen LogP contribution in [0.4, 0.5) is 0 Å². The standard InChI is InChI=1S/C14H19NO3/c1-4-18-14(17)12(10(2)3)15-13(16)11-8-6-5-7-9-11/h5-10,12H,4H2,1-3H3,(H,15,16)/t12-/m1/s1. The summed E-state index contributed by atoms with van der Waals surface area (Å²) in [4.78, 5) is 23.7. The van der Waals surface area contributed by atoms with E-state index in [-0.39, 0.29) is 11.8 Å². The monoisotopic (exact) mass is 249 g/mol. The molecule has 18 heavy (non-hydrogen) atoms. The zero-order chi connectivity index (χ0) is 13.5. The molecule has 0 heterocycles. The van der Waals surface area contributed by atoms with Gasteiger partial charge in [-0.1, -0.05) is 32.0 Å². The summed E-state index contributed by atoms with van der Waals surface area (Å²) >= 11 is 0. The van der Waals surface area contributed by atoms with E-state index in [4.69, 9.17) is 4.74 Å². The van der Waals surface area contributed by atoms with E-state index in [1.54, 1.807) is 31.2 Å². The maximum absolute atomic E-state index is 11.9. The zero-order valence-corrected chi connectivity index (χ0v) is 11.0. The Kier molecular flexibility index (Phi) is 5.36. The number of rotatable bonds is 5. The quantitative estimate of drug-likeness (QED) is 0.812. The predicted molar refractivity (Wildman–Crippen MR) is 69.2 cm³/mol. The highest BCUT2D eigenvalue weighted by Crippen LogP contribution is 2.06. The molecule has 0 bridgehead atoms. The fraction of sp³-hybridized carbons (Fsp3) is 0.429. The fourth-order valence-electron chi connectivity index (χ4n) is 1.54. The molecule has 1 aromatic carbocycles. The van der Waals surface area contributed by atoms with Gasteiger partial charge in [0, 0.05) is 5.56 Å². The maximum Gasteiger partial charge on any atom is 0.328 e. The summed E-state index contributed by atoms with van der Waals surface area (Å²) in [5, 5.41) is 2.70. The van der Waals surface area contributed by atoms with Crippen molar-refractivity contribution in [1.82, 2.24) is 5.32 Å². The molecule has 0 saturated heterocycles. The summed E-state index contributed by atoms with van der Waals surface area (Å²) in [7, 11) is 0. The molecule has 98 valence electrons. The molecule has 0 aliphatic carbocycles. The van der Waals surface area contributed by atoms with Crippen LogP contribution >= 0.6 is 0 Å². The van der Waals surface area contributed by atoms with Crippen LogP contribution in [0, 0.1) is 5.92 Å². The summed E-state index contributed by atoms with van der Waals surface area (Å²) in [6.45, 7) is 5.79. The van der Waals surface area contributed by atoms with E-state index in [1.807, 2.05) is 19.9 Å². The van der Waals surface area contributed by atoms with E-state index < -0.39 is 12.0 Å². The van der Waals surface area contributed by atoms with Crippen molar-refractivity contribution in [3.63, 3.8) is 0 Å². The topological polar surface area (TPSA) is 55.4 Å². The molecule has 1 amide bonds. The minimum Gasteiger partial charge on any atom is -0.464 e. The lowest BCUT2D eigenvalue weighted by Crippen LogP contribution is -2.45. The molecule has 0 unspecified atom stereocenters. The molecule has 0 saturated carbocycles. The van der Waals surface area contributed by atoms with Gasteiger partial charge in [-0.25, -0.2) is 4.79 Å². The highest BCUT2D eigenvalue weighted by Gasteiger charge is 2.25. The normalized spacial score (nSPS) is 12.0. The molecule has 0 fully saturated rings. The Hall–Kier alpha value is -1.84. The van der Waals surface area contributed by atoms with Gasteiger partial charge in [0.2, 0.25) is 0 Å². The first-order valence-corrected chi connectivity index (χ1v) is 6.08. The van der Waals surface area contributed by atoms with Crippen LogP contribution in [-0.2, 0) is 9.53 Å². The van der Waals surface area contributed by atoms with Gasteiger partial charge in [0.15, 0.2) is 0 Å². The van der Waals surface area contributed by atoms with Crippen LogP contribution in [0.5, 0.6) is 0 Å². The molecule has 0 radical (unpaired) electrons. The minimum absolute atomic E-state index is 0.0169. The first kappa shape index (κ1) is 14.2. The molecule has 4 heteroatoms. The predicted octanol–water partition coefficient (Wildman–Crippen LogP) is 2.00. The lowest BCUT2D eigenvalue weighted by atomic mass is 10.0. The van der Waals surface area contributed by atoms with Crippen LogP contribution in [-0.4, -0.2) is 24.5 Å². The summed E-state index contributed by atoms with van der Waals surface area (Å²) < 4.78 is 4.95. The molecule has 1 N–H and O–H groups in total. The van der Waals surface area contributed by atoms with Crippen molar-refractivity contribution < 1.29 is 14.3 Å². The van der Waals surface area contributed by atoms with E-state index in [9.17, 15) is 9.59 Å². The van der Waals surface area contributed by atoms with Crippen LogP contribution in [0.2, 0.25) is 0 Å². The Morgan fingerprint density at radius 3 is 2.33 bits per heavy atom. The van der Waals surface area contributed by atoms with Gasteiger partial charge < -0.3 is 10.1 Å². The molecule has 0 aliphatic heterocycles. The van der Waals surface area contributed by atoms with Gasteiger partial charge in [-0.2, -0.15) is 0 Å². The van der Waals surface area contributed by atoms with Crippen molar-refractivity contribution in [2.75, 3.05) is 6.61 Å². The first-order valence-electron chi connectivity index (χ1n) is 6.08. The highest BCUT2D eigenvalue weighted by atomic mass is 16.5. The van der Waals surface area contributed by atoms with Crippen LogP contribution in [0.25, 0.3) is 0 Å². The van der Waals surface area contributed by atoms with Crippen molar-refractivity contribution in [2.45, 2.75) is 26.8 Å². The molecule has 4 nitrogen and oxygen atoms in total. The van der Waals surface area contributed by atoms with Crippen molar-refractivity contribution in [2.24, 2.45) is 5.92 Å². The largest absolute Gasteiger partial charge is 0.464 e. The third-order valence-electron chi connectivity index (χ3n) is 2.53. The molecule has 0 spiro atoms. The van der Waals surface area contributed by atoms with Gasteiger partial charge in [0.25, 0.3) is 5.91 Å². The molecule has 1 aromatic rings. The second-order valence-electron chi connectivity index (χ2n) is 4.31. The summed E-state index contributed by atoms with van der Waals surface area (Å²) in [5.41, 5.74) is 0.535. The Morgan fingerprint density at radius 2 is 1.83 bits per heavy atom. The van der Waals surface area contributed by atoms with E-state index >= 15 is 0 Å². The number of carbonyl (C=O) groups is 2. The second kappa shape index (κ2) is 6.79. The number of hydrogen-bond acceptors (Lipinski definition) is 3. The van der Waals surface area contributed by atoms with Crippen LogP contribution in [0.3, 0.4) is 0 Å². The summed E-state index contributed by atoms with van der Waals surface area (Å²) in [6, 6.07) is 8.20. The molecular formula is C14H19NO3. The highest BCUT2D eigenvalue weighted by molar-refractivity contribution is 5.96. The Labute approximate surface area is 107 Å². The number of amides is 1. The molecular weight excluding hydrogens is 230 g/mol. The SMILES string of the molecule is CCOC(=O)[C@H](NC(=O)c1ccccc1)C(C)C. The van der Waals surface area contributed by atoms with Crippen molar-refractivity contribution in [3.8, 4) is 0 Å². The van der Waals surface area contributed by atoms with Crippen molar-refractivity contribution >= 4 is 11.9 Å². The molecule has 0 aromatic heterocycles. The van der Waals surface area contributed by atoms with Gasteiger partial charge in [0.1, 0.15) is 6.04 Å². The van der Waals surface area contributed by atoms with Gasteiger partial charge in [-0.3, -0.25) is 4.79 Å². The van der Waals surface area contributed by atoms with E-state index in [1.165, 1.54) is 0 Å². The van der Waals surface area contributed by atoms with Gasteiger partial charge in [-0.05, 0) is 25.0 Å². The number of benzene rings is 1. The number of hydrogen-bond donors (Lipinski definition) is 1. The number of ether oxygens (including phenoxy) is 1. The molecule has 1 atom stereocenters. The minimum atomic E-state index is -0.613. The van der Waals surface area contributed by atoms with Crippen LogP contribution in [0.1, 0.15) is 31.1 Å². The van der Waals surface area contributed by atoms with Gasteiger partial charge in [0.05, 0.1) is 6.61 Å². The maximum atomic E-state index is 11.9. The lowest BCUT2D eigenvalue weighted by molar-refractivity contribution is -0.146. The average Bonchev–Trinajstić information content (AvgIpc) is 2.36. The van der Waals surface area contributed by atoms with Crippen molar-refractivity contribution in [1.29, 1.82) is 0 Å². The number of nitrogens with one attached hydrogen (secondary N) is 1. The van der Waals surface area contributed by atoms with E-state index in [0.717, 1.165) is 0 Å². The Morgan fingerprint density at radius 1 is 1.22 bits per heavy atom. The lowest BCUT2D eigenvalue weighted by Gasteiger charge is -2.20. The molecule has 0 aliphatic rings. The number of esters is 1. The average molecular weight is 249 g/mol. The summed E-state index contributed by atoms with van der Waals surface area (Å²) in [6.07, 6.45) is 0. The van der Waals surface area contributed by atoms with Crippen molar-refractivity contribution in [3.05, 3.63) is 35.9 Å². The van der Waals surface area contributed by atoms with Crippen LogP contribution in [0.15, 0.2) is 30.3 Å². The second-order valence-corrected chi connectivity index (χ2v) is 4.31. The molecule has 1 rings (SSSR count). The number of carbonyl (C=O) groups excluding carboxylic acids is 2. The Bertz CT molecular complexity index is 401. The van der Waals surface area contributed by atoms with Gasteiger partial charge in [-0.15, -0.1) is 0 Å². The smallest absolute Gasteiger partial charge is 0.328 e. The first-order chi connectivity index (χ1) is 8.56. The third kappa shape index (κ3) is 3.87. The summed E-state index contributed by atoms with van der Waals surface area (Å²) in [5.74, 6) is -0.671. The van der Waals surface area contributed by atoms with E-state index in [0.29, 0.717) is 12.2 Å². The van der Waals surface area contributed by atoms with Gasteiger partial charge >= 0.3 is 5.97 Å².